The summed E-state index contributed by atoms with van der Waals surface area (Å²) in [5, 5.41) is 8.51. The third kappa shape index (κ3) is 8.19. The molecule has 0 spiro atoms. The number of hydrogen-bond acceptors (Lipinski definition) is 1. The zero-order valence-electron chi connectivity index (χ0n) is 8.18. The van der Waals surface area contributed by atoms with Crippen molar-refractivity contribution in [1.82, 2.24) is 0 Å². The monoisotopic (exact) mass is 222 g/mol. The molecule has 0 aliphatic heterocycles. The third-order valence-corrected chi connectivity index (χ3v) is 2.01. The van der Waals surface area contributed by atoms with Crippen LogP contribution in [0.4, 0.5) is 0 Å². The van der Waals surface area contributed by atoms with Crippen molar-refractivity contribution < 1.29 is 29.4 Å². The maximum atomic E-state index is 10.3. The standard InChI is InChI=1S/C9H18O2.Zn/c1-3-5-6-8(4-2)7-9(10)11;/h8H,3-7H2,1-2H3,(H,10,11);. The van der Waals surface area contributed by atoms with E-state index in [0.29, 0.717) is 12.3 Å². The minimum Gasteiger partial charge on any atom is -0.481 e. The van der Waals surface area contributed by atoms with Gasteiger partial charge in [-0.05, 0) is 12.3 Å². The molecule has 0 bridgehead atoms. The van der Waals surface area contributed by atoms with E-state index in [1.807, 2.05) is 0 Å². The van der Waals surface area contributed by atoms with Gasteiger partial charge in [-0.2, -0.15) is 0 Å². The Balaban J connectivity index is 0. The fraction of sp³-hybridized carbons (Fsp3) is 0.889. The van der Waals surface area contributed by atoms with Crippen molar-refractivity contribution in [2.75, 3.05) is 0 Å². The fourth-order valence-corrected chi connectivity index (χ4v) is 1.19. The van der Waals surface area contributed by atoms with Gasteiger partial charge in [0, 0.05) is 25.9 Å². The van der Waals surface area contributed by atoms with Gasteiger partial charge < -0.3 is 5.11 Å². The molecule has 0 fully saturated rings. The molecule has 0 aliphatic carbocycles. The summed E-state index contributed by atoms with van der Waals surface area (Å²) in [7, 11) is 0. The van der Waals surface area contributed by atoms with Crippen LogP contribution in [0.2, 0.25) is 0 Å². The van der Waals surface area contributed by atoms with Crippen LogP contribution in [0, 0.1) is 5.92 Å². The van der Waals surface area contributed by atoms with Crippen LogP contribution in [0.25, 0.3) is 0 Å². The number of rotatable bonds is 6. The van der Waals surface area contributed by atoms with Crippen LogP contribution >= 0.6 is 0 Å². The van der Waals surface area contributed by atoms with Crippen molar-refractivity contribution in [3.63, 3.8) is 0 Å². The predicted octanol–water partition coefficient (Wildman–Crippen LogP) is 2.68. The van der Waals surface area contributed by atoms with Crippen molar-refractivity contribution in [3.05, 3.63) is 0 Å². The Bertz CT molecular complexity index is 115. The summed E-state index contributed by atoms with van der Waals surface area (Å²) in [6.45, 7) is 4.19. The van der Waals surface area contributed by atoms with Crippen LogP contribution in [0.1, 0.15) is 46.0 Å². The molecule has 0 aromatic rings. The number of aliphatic carboxylic acids is 1. The van der Waals surface area contributed by atoms with E-state index in [4.69, 9.17) is 5.11 Å². The number of carbonyl (C=O) groups is 1. The summed E-state index contributed by atoms with van der Waals surface area (Å²) < 4.78 is 0. The molecule has 1 atom stereocenters. The van der Waals surface area contributed by atoms with Crippen LogP contribution in [-0.2, 0) is 24.3 Å². The molecular formula is C9H18O2Zn. The molecule has 0 rings (SSSR count). The molecule has 0 amide bonds. The number of hydrogen-bond donors (Lipinski definition) is 1. The van der Waals surface area contributed by atoms with Crippen molar-refractivity contribution in [3.8, 4) is 0 Å². The summed E-state index contributed by atoms with van der Waals surface area (Å²) in [5.41, 5.74) is 0. The largest absolute Gasteiger partial charge is 0.481 e. The fourth-order valence-electron chi connectivity index (χ4n) is 1.19. The van der Waals surface area contributed by atoms with Gasteiger partial charge in [0.1, 0.15) is 0 Å². The van der Waals surface area contributed by atoms with Gasteiger partial charge in [0.05, 0.1) is 0 Å². The smallest absolute Gasteiger partial charge is 0.303 e. The molecule has 0 saturated carbocycles. The molecule has 0 aromatic heterocycles. The van der Waals surface area contributed by atoms with Crippen molar-refractivity contribution in [2.45, 2.75) is 46.0 Å². The number of unbranched alkanes of at least 4 members (excludes halogenated alkanes) is 1. The Morgan fingerprint density at radius 2 is 2.00 bits per heavy atom. The number of carboxylic acids is 1. The Kier molecular flexibility index (Phi) is 11.2. The Morgan fingerprint density at radius 1 is 1.42 bits per heavy atom. The first kappa shape index (κ1) is 14.6. The van der Waals surface area contributed by atoms with Crippen LogP contribution in [0.5, 0.6) is 0 Å². The van der Waals surface area contributed by atoms with Gasteiger partial charge in [0.2, 0.25) is 0 Å². The van der Waals surface area contributed by atoms with Crippen LogP contribution < -0.4 is 0 Å². The Morgan fingerprint density at radius 3 is 2.33 bits per heavy atom. The third-order valence-electron chi connectivity index (χ3n) is 2.01. The summed E-state index contributed by atoms with van der Waals surface area (Å²) in [6.07, 6.45) is 4.73. The second-order valence-corrected chi connectivity index (χ2v) is 3.01. The molecule has 12 heavy (non-hydrogen) atoms. The quantitative estimate of drug-likeness (QED) is 0.703. The molecule has 0 saturated heterocycles. The molecule has 0 aromatic carbocycles. The molecule has 0 radical (unpaired) electrons. The van der Waals surface area contributed by atoms with E-state index in [-0.39, 0.29) is 19.5 Å². The molecule has 3 heteroatoms. The first-order chi connectivity index (χ1) is 5.20. The topological polar surface area (TPSA) is 37.3 Å². The predicted molar refractivity (Wildman–Crippen MR) is 45.6 cm³/mol. The van der Waals surface area contributed by atoms with E-state index in [9.17, 15) is 4.79 Å². The Labute approximate surface area is 87.5 Å². The van der Waals surface area contributed by atoms with Gasteiger partial charge in [-0.25, -0.2) is 0 Å². The zero-order chi connectivity index (χ0) is 8.69. The van der Waals surface area contributed by atoms with Gasteiger partial charge in [0.25, 0.3) is 0 Å². The normalized spacial score (nSPS) is 11.8. The van der Waals surface area contributed by atoms with Crippen molar-refractivity contribution in [1.29, 1.82) is 0 Å². The molecular weight excluding hydrogens is 205 g/mol. The molecule has 0 aliphatic rings. The molecule has 68 valence electrons. The maximum absolute atomic E-state index is 10.3. The van der Waals surface area contributed by atoms with Crippen LogP contribution in [0.15, 0.2) is 0 Å². The van der Waals surface area contributed by atoms with Gasteiger partial charge >= 0.3 is 5.97 Å². The zero-order valence-corrected chi connectivity index (χ0v) is 11.1. The summed E-state index contributed by atoms with van der Waals surface area (Å²) in [6, 6.07) is 0. The van der Waals surface area contributed by atoms with Gasteiger partial charge in [-0.1, -0.05) is 33.1 Å². The van der Waals surface area contributed by atoms with Crippen molar-refractivity contribution >= 4 is 5.97 Å². The maximum Gasteiger partial charge on any atom is 0.303 e. The minimum atomic E-state index is -0.659. The average molecular weight is 224 g/mol. The Hall–Kier alpha value is 0.0934. The minimum absolute atomic E-state index is 0. The second-order valence-electron chi connectivity index (χ2n) is 3.01. The van der Waals surface area contributed by atoms with E-state index in [0.717, 1.165) is 25.7 Å². The molecule has 2 nitrogen and oxygen atoms in total. The first-order valence-electron chi connectivity index (χ1n) is 4.42. The summed E-state index contributed by atoms with van der Waals surface area (Å²) in [4.78, 5) is 10.3. The van der Waals surface area contributed by atoms with Crippen LogP contribution in [-0.4, -0.2) is 11.1 Å². The van der Waals surface area contributed by atoms with Crippen LogP contribution in [0.3, 0.4) is 0 Å². The van der Waals surface area contributed by atoms with E-state index in [1.54, 1.807) is 0 Å². The van der Waals surface area contributed by atoms with E-state index in [1.165, 1.54) is 0 Å². The van der Waals surface area contributed by atoms with Crippen molar-refractivity contribution in [2.24, 2.45) is 5.92 Å². The first-order valence-corrected chi connectivity index (χ1v) is 4.42. The number of carboxylic acid groups (broad SMARTS) is 1. The second kappa shape index (κ2) is 9.18. The van der Waals surface area contributed by atoms with Gasteiger partial charge in [-0.15, -0.1) is 0 Å². The van der Waals surface area contributed by atoms with E-state index < -0.39 is 5.97 Å². The molecule has 1 unspecified atom stereocenters. The average Bonchev–Trinajstić information content (AvgIpc) is 1.97. The van der Waals surface area contributed by atoms with E-state index in [2.05, 4.69) is 13.8 Å². The van der Waals surface area contributed by atoms with Gasteiger partial charge in [0.15, 0.2) is 0 Å². The van der Waals surface area contributed by atoms with Gasteiger partial charge in [-0.3, -0.25) is 4.79 Å². The van der Waals surface area contributed by atoms with E-state index >= 15 is 0 Å². The summed E-state index contributed by atoms with van der Waals surface area (Å²) in [5.74, 6) is -0.264. The molecule has 1 N–H and O–H groups in total. The summed E-state index contributed by atoms with van der Waals surface area (Å²) >= 11 is 0. The molecule has 0 heterocycles. The SMILES string of the molecule is CCCCC(CC)CC(=O)O.[Zn].